The molecule has 1 heterocycles. The summed E-state index contributed by atoms with van der Waals surface area (Å²) in [6.07, 6.45) is 10.7. The molecule has 1 unspecified atom stereocenters. The number of ether oxygens (including phenoxy) is 1. The Bertz CT molecular complexity index is 289. The second-order valence-electron chi connectivity index (χ2n) is 7.17. The molecule has 118 valence electrons. The van der Waals surface area contributed by atoms with Crippen LogP contribution in [-0.2, 0) is 4.74 Å². The van der Waals surface area contributed by atoms with Crippen molar-refractivity contribution in [1.29, 1.82) is 0 Å². The SMILES string of the molecule is CCC1(C)CNC2(CCCCC2)CN1CCCCOC. The van der Waals surface area contributed by atoms with Crippen molar-refractivity contribution in [3.63, 3.8) is 0 Å². The number of hydrogen-bond acceptors (Lipinski definition) is 3. The van der Waals surface area contributed by atoms with Crippen LogP contribution in [0.1, 0.15) is 65.2 Å². The molecule has 1 aliphatic heterocycles. The van der Waals surface area contributed by atoms with Crippen molar-refractivity contribution in [2.45, 2.75) is 76.3 Å². The van der Waals surface area contributed by atoms with Gasteiger partial charge in [-0.05, 0) is 45.6 Å². The average Bonchev–Trinajstić information content (AvgIpc) is 2.48. The molecule has 1 N–H and O–H groups in total. The van der Waals surface area contributed by atoms with Crippen LogP contribution in [0.3, 0.4) is 0 Å². The van der Waals surface area contributed by atoms with Gasteiger partial charge in [0.1, 0.15) is 0 Å². The summed E-state index contributed by atoms with van der Waals surface area (Å²) in [7, 11) is 1.80. The van der Waals surface area contributed by atoms with Crippen molar-refractivity contribution in [1.82, 2.24) is 10.2 Å². The average molecular weight is 282 g/mol. The lowest BCUT2D eigenvalue weighted by Crippen LogP contribution is -2.69. The molecular weight excluding hydrogens is 248 g/mol. The van der Waals surface area contributed by atoms with Gasteiger partial charge in [-0.15, -0.1) is 0 Å². The van der Waals surface area contributed by atoms with Crippen LogP contribution in [0, 0.1) is 0 Å². The molecule has 0 radical (unpaired) electrons. The highest BCUT2D eigenvalue weighted by molar-refractivity contribution is 5.04. The summed E-state index contributed by atoms with van der Waals surface area (Å²) in [4.78, 5) is 2.78. The highest BCUT2D eigenvalue weighted by atomic mass is 16.5. The van der Waals surface area contributed by atoms with Gasteiger partial charge in [0.2, 0.25) is 0 Å². The minimum absolute atomic E-state index is 0.343. The number of methoxy groups -OCH3 is 1. The maximum Gasteiger partial charge on any atom is 0.0462 e. The number of nitrogens with zero attached hydrogens (tertiary/aromatic N) is 1. The molecule has 1 saturated heterocycles. The Morgan fingerprint density at radius 1 is 1.15 bits per heavy atom. The topological polar surface area (TPSA) is 24.5 Å². The largest absolute Gasteiger partial charge is 0.385 e. The molecule has 0 aromatic rings. The predicted molar refractivity (Wildman–Crippen MR) is 85.2 cm³/mol. The van der Waals surface area contributed by atoms with Crippen LogP contribution in [0.15, 0.2) is 0 Å². The van der Waals surface area contributed by atoms with Crippen molar-refractivity contribution in [3.8, 4) is 0 Å². The molecule has 3 nitrogen and oxygen atoms in total. The molecule has 1 saturated carbocycles. The summed E-state index contributed by atoms with van der Waals surface area (Å²) in [6, 6.07) is 0. The van der Waals surface area contributed by atoms with Gasteiger partial charge in [0, 0.05) is 37.9 Å². The highest BCUT2D eigenvalue weighted by Gasteiger charge is 2.44. The number of unbranched alkanes of at least 4 members (excludes halogenated alkanes) is 1. The Kier molecular flexibility index (Phi) is 5.88. The first-order valence-corrected chi connectivity index (χ1v) is 8.63. The molecule has 1 aliphatic carbocycles. The minimum atomic E-state index is 0.343. The third-order valence-electron chi connectivity index (χ3n) is 5.70. The smallest absolute Gasteiger partial charge is 0.0462 e. The monoisotopic (exact) mass is 282 g/mol. The second-order valence-corrected chi connectivity index (χ2v) is 7.17. The fourth-order valence-corrected chi connectivity index (χ4v) is 3.91. The number of piperazine rings is 1. The van der Waals surface area contributed by atoms with Gasteiger partial charge in [0.15, 0.2) is 0 Å². The molecule has 0 aromatic carbocycles. The van der Waals surface area contributed by atoms with E-state index in [1.54, 1.807) is 7.11 Å². The predicted octanol–water partition coefficient (Wildman–Crippen LogP) is 3.19. The standard InChI is InChI=1S/C17H34N2O/c1-4-16(2)14-18-17(10-6-5-7-11-17)15-19(16)12-8-9-13-20-3/h18H,4-15H2,1-3H3. The third kappa shape index (κ3) is 3.75. The summed E-state index contributed by atoms with van der Waals surface area (Å²) in [5.41, 5.74) is 0.768. The third-order valence-corrected chi connectivity index (χ3v) is 5.70. The fraction of sp³-hybridized carbons (Fsp3) is 1.00. The lowest BCUT2D eigenvalue weighted by Gasteiger charge is -2.54. The van der Waals surface area contributed by atoms with E-state index in [4.69, 9.17) is 4.74 Å². The summed E-state index contributed by atoms with van der Waals surface area (Å²) >= 11 is 0. The lowest BCUT2D eigenvalue weighted by molar-refractivity contribution is -0.00324. The van der Waals surface area contributed by atoms with Gasteiger partial charge in [-0.1, -0.05) is 26.2 Å². The fourth-order valence-electron chi connectivity index (χ4n) is 3.91. The van der Waals surface area contributed by atoms with Crippen LogP contribution >= 0.6 is 0 Å². The van der Waals surface area contributed by atoms with E-state index in [9.17, 15) is 0 Å². The highest BCUT2D eigenvalue weighted by Crippen LogP contribution is 2.35. The summed E-state index contributed by atoms with van der Waals surface area (Å²) in [6.45, 7) is 9.32. The van der Waals surface area contributed by atoms with E-state index in [0.29, 0.717) is 11.1 Å². The molecule has 3 heteroatoms. The van der Waals surface area contributed by atoms with Crippen LogP contribution in [0.2, 0.25) is 0 Å². The number of nitrogens with one attached hydrogen (secondary N) is 1. The maximum absolute atomic E-state index is 5.19. The van der Waals surface area contributed by atoms with Crippen LogP contribution < -0.4 is 5.32 Å². The Hall–Kier alpha value is -0.120. The normalized spacial score (nSPS) is 30.8. The van der Waals surface area contributed by atoms with Gasteiger partial charge in [0.05, 0.1) is 0 Å². The molecule has 1 spiro atoms. The van der Waals surface area contributed by atoms with Crippen molar-refractivity contribution in [3.05, 3.63) is 0 Å². The van der Waals surface area contributed by atoms with Crippen LogP contribution in [-0.4, -0.2) is 49.3 Å². The molecule has 20 heavy (non-hydrogen) atoms. The summed E-state index contributed by atoms with van der Waals surface area (Å²) in [5.74, 6) is 0. The van der Waals surface area contributed by atoms with Crippen LogP contribution in [0.5, 0.6) is 0 Å². The Balaban J connectivity index is 1.94. The van der Waals surface area contributed by atoms with Crippen molar-refractivity contribution >= 4 is 0 Å². The Labute approximate surface area is 125 Å². The second kappa shape index (κ2) is 7.24. The minimum Gasteiger partial charge on any atom is -0.385 e. The summed E-state index contributed by atoms with van der Waals surface area (Å²) < 4.78 is 5.19. The van der Waals surface area contributed by atoms with Gasteiger partial charge >= 0.3 is 0 Å². The Morgan fingerprint density at radius 2 is 1.90 bits per heavy atom. The van der Waals surface area contributed by atoms with E-state index in [-0.39, 0.29) is 0 Å². The Morgan fingerprint density at radius 3 is 2.55 bits per heavy atom. The van der Waals surface area contributed by atoms with Crippen molar-refractivity contribution in [2.75, 3.05) is 33.4 Å². The maximum atomic E-state index is 5.19. The van der Waals surface area contributed by atoms with Gasteiger partial charge in [0.25, 0.3) is 0 Å². The van der Waals surface area contributed by atoms with Crippen molar-refractivity contribution in [2.24, 2.45) is 0 Å². The van der Waals surface area contributed by atoms with E-state index in [0.717, 1.165) is 13.2 Å². The van der Waals surface area contributed by atoms with Crippen LogP contribution in [0.25, 0.3) is 0 Å². The lowest BCUT2D eigenvalue weighted by atomic mass is 9.77. The van der Waals surface area contributed by atoms with Gasteiger partial charge in [-0.2, -0.15) is 0 Å². The molecule has 2 rings (SSSR count). The van der Waals surface area contributed by atoms with E-state index in [1.165, 1.54) is 64.5 Å². The first kappa shape index (κ1) is 16.3. The zero-order valence-corrected chi connectivity index (χ0v) is 13.8. The molecule has 1 atom stereocenters. The molecule has 0 aromatic heterocycles. The molecule has 2 fully saturated rings. The van der Waals surface area contributed by atoms with E-state index >= 15 is 0 Å². The molecule has 0 bridgehead atoms. The molecular formula is C17H34N2O. The van der Waals surface area contributed by atoms with Crippen LogP contribution in [0.4, 0.5) is 0 Å². The quantitative estimate of drug-likeness (QED) is 0.757. The van der Waals surface area contributed by atoms with Gasteiger partial charge < -0.3 is 10.1 Å². The summed E-state index contributed by atoms with van der Waals surface area (Å²) in [5, 5.41) is 3.94. The van der Waals surface area contributed by atoms with Gasteiger partial charge in [-0.25, -0.2) is 0 Å². The first-order valence-electron chi connectivity index (χ1n) is 8.63. The van der Waals surface area contributed by atoms with E-state index in [2.05, 4.69) is 24.1 Å². The molecule has 0 amide bonds. The number of hydrogen-bond donors (Lipinski definition) is 1. The van der Waals surface area contributed by atoms with Gasteiger partial charge in [-0.3, -0.25) is 4.90 Å². The van der Waals surface area contributed by atoms with E-state index < -0.39 is 0 Å². The number of rotatable bonds is 6. The molecule has 2 aliphatic rings. The van der Waals surface area contributed by atoms with Crippen molar-refractivity contribution < 1.29 is 4.74 Å². The zero-order valence-electron chi connectivity index (χ0n) is 13.8. The van der Waals surface area contributed by atoms with E-state index in [1.807, 2.05) is 0 Å². The first-order chi connectivity index (χ1) is 9.64. The zero-order chi connectivity index (χ0) is 14.5.